The van der Waals surface area contributed by atoms with Crippen molar-refractivity contribution in [1.29, 1.82) is 0 Å². The van der Waals surface area contributed by atoms with Crippen molar-refractivity contribution in [3.63, 3.8) is 0 Å². The van der Waals surface area contributed by atoms with E-state index < -0.39 is 0 Å². The van der Waals surface area contributed by atoms with Crippen LogP contribution in [0.3, 0.4) is 0 Å². The van der Waals surface area contributed by atoms with Crippen molar-refractivity contribution in [2.45, 2.75) is 33.2 Å². The predicted molar refractivity (Wildman–Crippen MR) is 91.8 cm³/mol. The zero-order chi connectivity index (χ0) is 17.4. The molecule has 0 saturated heterocycles. The third-order valence-corrected chi connectivity index (χ3v) is 4.10. The van der Waals surface area contributed by atoms with Crippen molar-refractivity contribution in [3.8, 4) is 0 Å². The summed E-state index contributed by atoms with van der Waals surface area (Å²) in [7, 11) is 3.73. The van der Waals surface area contributed by atoms with Gasteiger partial charge in [0, 0.05) is 32.0 Å². The van der Waals surface area contributed by atoms with Crippen LogP contribution in [-0.2, 0) is 20.5 Å². The molecule has 126 valence electrons. The normalized spacial score (nSPS) is 12.5. The number of hydrogen-bond acceptors (Lipinski definition) is 4. The predicted octanol–water partition coefficient (Wildman–Crippen LogP) is 1.68. The number of amides is 1. The van der Waals surface area contributed by atoms with Gasteiger partial charge in [0.2, 0.25) is 0 Å². The molecule has 0 radical (unpaired) electrons. The van der Waals surface area contributed by atoms with Crippen LogP contribution in [0.25, 0.3) is 11.0 Å². The molecule has 0 aromatic carbocycles. The number of nitrogens with zero attached hydrogens (tertiary/aromatic N) is 5. The fraction of sp³-hybridized carbons (Fsp3) is 0.412. The Morgan fingerprint density at radius 1 is 1.33 bits per heavy atom. The van der Waals surface area contributed by atoms with Gasteiger partial charge in [-0.1, -0.05) is 0 Å². The molecule has 0 unspecified atom stereocenters. The zero-order valence-electron chi connectivity index (χ0n) is 14.7. The highest BCUT2D eigenvalue weighted by Gasteiger charge is 2.17. The van der Waals surface area contributed by atoms with Crippen LogP contribution in [0, 0.1) is 13.8 Å². The lowest BCUT2D eigenvalue weighted by Crippen LogP contribution is -2.34. The van der Waals surface area contributed by atoms with Crippen LogP contribution in [0.4, 0.5) is 0 Å². The van der Waals surface area contributed by atoms with Gasteiger partial charge in [0.15, 0.2) is 5.65 Å². The summed E-state index contributed by atoms with van der Waals surface area (Å²) in [5.74, 6) is -0.104. The maximum absolute atomic E-state index is 12.7. The fourth-order valence-corrected chi connectivity index (χ4v) is 2.96. The summed E-state index contributed by atoms with van der Waals surface area (Å²) >= 11 is 0. The van der Waals surface area contributed by atoms with E-state index in [1.165, 1.54) is 0 Å². The summed E-state index contributed by atoms with van der Waals surface area (Å²) in [6.07, 6.45) is 4.42. The van der Waals surface area contributed by atoms with Crippen molar-refractivity contribution in [2.75, 3.05) is 0 Å². The van der Waals surface area contributed by atoms with E-state index in [1.54, 1.807) is 21.6 Å². The first kappa shape index (κ1) is 16.2. The molecule has 0 fully saturated rings. The lowest BCUT2D eigenvalue weighted by atomic mass is 10.1. The van der Waals surface area contributed by atoms with Crippen molar-refractivity contribution < 1.29 is 4.79 Å². The highest BCUT2D eigenvalue weighted by atomic mass is 16.1. The number of rotatable bonds is 4. The largest absolute Gasteiger partial charge is 0.349 e. The first-order valence-corrected chi connectivity index (χ1v) is 7.94. The van der Waals surface area contributed by atoms with Crippen LogP contribution in [0.15, 0.2) is 18.5 Å². The fourth-order valence-electron chi connectivity index (χ4n) is 2.96. The van der Waals surface area contributed by atoms with E-state index >= 15 is 0 Å². The van der Waals surface area contributed by atoms with E-state index in [-0.39, 0.29) is 11.9 Å². The molecular weight excluding hydrogens is 304 g/mol. The molecule has 7 heteroatoms. The molecule has 0 bridgehead atoms. The second-order valence-electron chi connectivity index (χ2n) is 6.31. The molecule has 1 atom stereocenters. The summed E-state index contributed by atoms with van der Waals surface area (Å²) in [6.45, 7) is 5.86. The van der Waals surface area contributed by atoms with Gasteiger partial charge in [-0.05, 0) is 38.8 Å². The van der Waals surface area contributed by atoms with E-state index in [1.807, 2.05) is 41.1 Å². The lowest BCUT2D eigenvalue weighted by molar-refractivity contribution is 0.0941. The van der Waals surface area contributed by atoms with Crippen LogP contribution in [0.1, 0.15) is 34.2 Å². The van der Waals surface area contributed by atoms with Gasteiger partial charge in [-0.15, -0.1) is 0 Å². The number of aryl methyl sites for hydroxylation is 4. The van der Waals surface area contributed by atoms with Crippen LogP contribution in [0.2, 0.25) is 0 Å². The second-order valence-corrected chi connectivity index (χ2v) is 6.31. The van der Waals surface area contributed by atoms with Crippen molar-refractivity contribution in [1.82, 2.24) is 29.9 Å². The van der Waals surface area contributed by atoms with Gasteiger partial charge in [-0.2, -0.15) is 10.2 Å². The highest BCUT2D eigenvalue weighted by molar-refractivity contribution is 6.05. The molecule has 7 nitrogen and oxygen atoms in total. The van der Waals surface area contributed by atoms with E-state index in [2.05, 4.69) is 20.5 Å². The Morgan fingerprint density at radius 3 is 2.75 bits per heavy atom. The average Bonchev–Trinajstić information content (AvgIpc) is 3.01. The summed E-state index contributed by atoms with van der Waals surface area (Å²) in [5, 5.41) is 12.4. The maximum Gasteiger partial charge on any atom is 0.252 e. The Kier molecular flexibility index (Phi) is 4.09. The summed E-state index contributed by atoms with van der Waals surface area (Å²) < 4.78 is 3.48. The standard InChI is InChI=1S/C17H22N6O/c1-10(6-13-9-22(4)21-12(13)3)20-17(24)14-7-11(2)19-16-15(14)8-18-23(16)5/h7-10H,6H2,1-5H3,(H,20,24)/t10-/m1/s1. The first-order valence-electron chi connectivity index (χ1n) is 7.94. The second kappa shape index (κ2) is 6.07. The van der Waals surface area contributed by atoms with Gasteiger partial charge in [0.25, 0.3) is 5.91 Å². The quantitative estimate of drug-likeness (QED) is 0.791. The smallest absolute Gasteiger partial charge is 0.252 e. The Balaban J connectivity index is 1.81. The summed E-state index contributed by atoms with van der Waals surface area (Å²) in [4.78, 5) is 17.2. The van der Waals surface area contributed by atoms with Gasteiger partial charge in [0.1, 0.15) is 0 Å². The Bertz CT molecular complexity index is 907. The molecule has 0 aliphatic rings. The molecule has 1 amide bonds. The number of pyridine rings is 1. The van der Waals surface area contributed by atoms with E-state index in [0.717, 1.165) is 34.4 Å². The molecular formula is C17H22N6O. The average molecular weight is 326 g/mol. The molecule has 1 N–H and O–H groups in total. The van der Waals surface area contributed by atoms with Crippen molar-refractivity contribution >= 4 is 16.9 Å². The molecule has 0 saturated carbocycles. The van der Waals surface area contributed by atoms with Gasteiger partial charge in [0.05, 0.1) is 22.8 Å². The van der Waals surface area contributed by atoms with Crippen LogP contribution < -0.4 is 5.32 Å². The van der Waals surface area contributed by atoms with Gasteiger partial charge >= 0.3 is 0 Å². The maximum atomic E-state index is 12.7. The van der Waals surface area contributed by atoms with Gasteiger partial charge < -0.3 is 5.32 Å². The molecule has 24 heavy (non-hydrogen) atoms. The molecule has 3 heterocycles. The first-order chi connectivity index (χ1) is 11.3. The number of aromatic nitrogens is 5. The molecule has 0 aliphatic heterocycles. The Labute approximate surface area is 140 Å². The van der Waals surface area contributed by atoms with Crippen molar-refractivity contribution in [3.05, 3.63) is 41.0 Å². The minimum absolute atomic E-state index is 0.000549. The summed E-state index contributed by atoms with van der Waals surface area (Å²) in [5.41, 5.74) is 4.26. The van der Waals surface area contributed by atoms with Gasteiger partial charge in [-0.3, -0.25) is 14.2 Å². The lowest BCUT2D eigenvalue weighted by Gasteiger charge is -2.14. The molecule has 0 spiro atoms. The SMILES string of the molecule is Cc1cc(C(=O)N[C@H](C)Cc2cn(C)nc2C)c2cnn(C)c2n1. The number of carbonyl (C=O) groups is 1. The number of hydrogen-bond donors (Lipinski definition) is 1. The topological polar surface area (TPSA) is 77.6 Å². The van der Waals surface area contributed by atoms with Gasteiger partial charge in [-0.25, -0.2) is 4.98 Å². The van der Waals surface area contributed by atoms with E-state index in [9.17, 15) is 4.79 Å². The van der Waals surface area contributed by atoms with Crippen LogP contribution in [-0.4, -0.2) is 36.5 Å². The van der Waals surface area contributed by atoms with Crippen LogP contribution >= 0.6 is 0 Å². The third kappa shape index (κ3) is 3.02. The van der Waals surface area contributed by atoms with E-state index in [0.29, 0.717) is 5.56 Å². The third-order valence-electron chi connectivity index (χ3n) is 4.10. The van der Waals surface area contributed by atoms with E-state index in [4.69, 9.17) is 0 Å². The minimum atomic E-state index is -0.104. The molecule has 0 aliphatic carbocycles. The van der Waals surface area contributed by atoms with Crippen LogP contribution in [0.5, 0.6) is 0 Å². The number of nitrogens with one attached hydrogen (secondary N) is 1. The monoisotopic (exact) mass is 326 g/mol. The Hall–Kier alpha value is -2.70. The summed E-state index contributed by atoms with van der Waals surface area (Å²) in [6, 6.07) is 1.81. The molecule has 3 aromatic heterocycles. The molecule has 3 rings (SSSR count). The Morgan fingerprint density at radius 2 is 2.08 bits per heavy atom. The minimum Gasteiger partial charge on any atom is -0.349 e. The zero-order valence-corrected chi connectivity index (χ0v) is 14.7. The number of fused-ring (bicyclic) bond motifs is 1. The highest BCUT2D eigenvalue weighted by Crippen LogP contribution is 2.18. The number of carbonyl (C=O) groups excluding carboxylic acids is 1. The molecule has 3 aromatic rings. The van der Waals surface area contributed by atoms with Crippen molar-refractivity contribution in [2.24, 2.45) is 14.1 Å².